The van der Waals surface area contributed by atoms with Crippen LogP contribution in [-0.4, -0.2) is 9.13 Å². The van der Waals surface area contributed by atoms with Crippen LogP contribution in [0.3, 0.4) is 0 Å². The Hall–Kier alpha value is -6.84. The lowest BCUT2D eigenvalue weighted by atomic mass is 10.0. The second kappa shape index (κ2) is 11.9. The summed E-state index contributed by atoms with van der Waals surface area (Å²) in [4.78, 5) is 0. The van der Waals surface area contributed by atoms with Gasteiger partial charge < -0.3 is 14.5 Å². The average Bonchev–Trinajstić information content (AvgIpc) is 3.71. The second-order valence-electron chi connectivity index (χ2n) is 13.1. The molecule has 1 N–H and O–H groups in total. The molecule has 240 valence electrons. The molecular formula is C48H33N3. The molecule has 0 aliphatic heterocycles. The third-order valence-electron chi connectivity index (χ3n) is 10.1. The first-order chi connectivity index (χ1) is 25.3. The predicted molar refractivity (Wildman–Crippen MR) is 216 cm³/mol. The second-order valence-corrected chi connectivity index (χ2v) is 13.1. The normalized spacial score (nSPS) is 11.5. The summed E-state index contributed by atoms with van der Waals surface area (Å²) in [7, 11) is 0. The lowest BCUT2D eigenvalue weighted by Gasteiger charge is -2.16. The largest absolute Gasteiger partial charge is 0.355 e. The summed E-state index contributed by atoms with van der Waals surface area (Å²) in [6.45, 7) is 0. The number of benzene rings is 8. The van der Waals surface area contributed by atoms with E-state index in [1.54, 1.807) is 0 Å². The summed E-state index contributed by atoms with van der Waals surface area (Å²) in [6, 6.07) is 69.7. The van der Waals surface area contributed by atoms with Crippen molar-refractivity contribution in [1.82, 2.24) is 9.13 Å². The van der Waals surface area contributed by atoms with Gasteiger partial charge in [0.1, 0.15) is 0 Å². The zero-order valence-electron chi connectivity index (χ0n) is 27.9. The van der Waals surface area contributed by atoms with Crippen molar-refractivity contribution in [3.05, 3.63) is 194 Å². The number of para-hydroxylation sites is 5. The molecular weight excluding hydrogens is 619 g/mol. The van der Waals surface area contributed by atoms with E-state index in [0.29, 0.717) is 0 Å². The van der Waals surface area contributed by atoms with E-state index in [1.807, 2.05) is 0 Å². The summed E-state index contributed by atoms with van der Waals surface area (Å²) in [5.74, 6) is 0. The molecule has 10 aromatic rings. The number of rotatable bonds is 6. The van der Waals surface area contributed by atoms with E-state index in [-0.39, 0.29) is 0 Å². The Morgan fingerprint density at radius 2 is 0.882 bits per heavy atom. The van der Waals surface area contributed by atoms with Gasteiger partial charge >= 0.3 is 0 Å². The summed E-state index contributed by atoms with van der Waals surface area (Å²) in [5, 5.41) is 8.71. The molecule has 0 bridgehead atoms. The Bertz CT molecular complexity index is 2840. The molecule has 0 atom stereocenters. The Balaban J connectivity index is 1.11. The third kappa shape index (κ3) is 4.82. The number of fused-ring (bicyclic) bond motifs is 6. The lowest BCUT2D eigenvalue weighted by molar-refractivity contribution is 1.17. The van der Waals surface area contributed by atoms with Crippen LogP contribution in [0.25, 0.3) is 77.2 Å². The number of hydrogen-bond donors (Lipinski definition) is 1. The first-order valence-electron chi connectivity index (χ1n) is 17.4. The van der Waals surface area contributed by atoms with Gasteiger partial charge in [-0.05, 0) is 71.8 Å². The molecule has 0 fully saturated rings. The molecule has 0 aliphatic carbocycles. The number of nitrogens with zero attached hydrogens (tertiary/aromatic N) is 2. The van der Waals surface area contributed by atoms with E-state index in [4.69, 9.17) is 0 Å². The van der Waals surface area contributed by atoms with Crippen molar-refractivity contribution >= 4 is 55.0 Å². The number of nitrogens with one attached hydrogen (secondary N) is 1. The summed E-state index contributed by atoms with van der Waals surface area (Å²) in [6.07, 6.45) is 0. The predicted octanol–water partition coefficient (Wildman–Crippen LogP) is 13.0. The van der Waals surface area contributed by atoms with Crippen molar-refractivity contribution in [1.29, 1.82) is 0 Å². The van der Waals surface area contributed by atoms with Gasteiger partial charge in [-0.25, -0.2) is 0 Å². The van der Waals surface area contributed by atoms with Crippen molar-refractivity contribution in [3.63, 3.8) is 0 Å². The Kier molecular flexibility index (Phi) is 6.81. The molecule has 3 nitrogen and oxygen atoms in total. The highest BCUT2D eigenvalue weighted by Gasteiger charge is 2.18. The number of hydrogen-bond acceptors (Lipinski definition) is 1. The van der Waals surface area contributed by atoms with Crippen molar-refractivity contribution in [3.8, 4) is 33.6 Å². The van der Waals surface area contributed by atoms with Crippen LogP contribution in [0, 0.1) is 0 Å². The zero-order valence-corrected chi connectivity index (χ0v) is 27.9. The molecule has 0 aliphatic rings. The monoisotopic (exact) mass is 651 g/mol. The topological polar surface area (TPSA) is 21.9 Å². The third-order valence-corrected chi connectivity index (χ3v) is 10.1. The van der Waals surface area contributed by atoms with Crippen LogP contribution in [-0.2, 0) is 0 Å². The van der Waals surface area contributed by atoms with Crippen LogP contribution in [0.15, 0.2) is 194 Å². The molecule has 0 spiro atoms. The molecule has 51 heavy (non-hydrogen) atoms. The highest BCUT2D eigenvalue weighted by molar-refractivity contribution is 6.11. The number of anilines is 2. The minimum Gasteiger partial charge on any atom is -0.355 e. The Morgan fingerprint density at radius 1 is 0.333 bits per heavy atom. The van der Waals surface area contributed by atoms with Crippen molar-refractivity contribution in [2.75, 3.05) is 5.32 Å². The minimum atomic E-state index is 1.06. The van der Waals surface area contributed by atoms with Crippen LogP contribution in [0.1, 0.15) is 0 Å². The van der Waals surface area contributed by atoms with Crippen LogP contribution in [0.4, 0.5) is 11.4 Å². The van der Waals surface area contributed by atoms with E-state index >= 15 is 0 Å². The van der Waals surface area contributed by atoms with Gasteiger partial charge in [0.25, 0.3) is 0 Å². The van der Waals surface area contributed by atoms with E-state index in [1.165, 1.54) is 65.9 Å². The highest BCUT2D eigenvalue weighted by atomic mass is 15.0. The Labute approximate surface area is 296 Å². The first kappa shape index (κ1) is 29.1. The molecule has 8 aromatic carbocycles. The van der Waals surface area contributed by atoms with Gasteiger partial charge in [0.15, 0.2) is 0 Å². The molecule has 0 saturated heterocycles. The van der Waals surface area contributed by atoms with Gasteiger partial charge in [0.05, 0.1) is 27.8 Å². The van der Waals surface area contributed by atoms with Crippen LogP contribution >= 0.6 is 0 Å². The molecule has 0 unspecified atom stereocenters. The van der Waals surface area contributed by atoms with Gasteiger partial charge in [0.2, 0.25) is 0 Å². The van der Waals surface area contributed by atoms with Gasteiger partial charge in [-0.2, -0.15) is 0 Å². The van der Waals surface area contributed by atoms with Crippen LogP contribution < -0.4 is 5.32 Å². The molecule has 0 amide bonds. The van der Waals surface area contributed by atoms with Crippen LogP contribution in [0.5, 0.6) is 0 Å². The van der Waals surface area contributed by atoms with E-state index < -0.39 is 0 Å². The first-order valence-corrected chi connectivity index (χ1v) is 17.4. The fourth-order valence-corrected chi connectivity index (χ4v) is 7.85. The average molecular weight is 652 g/mol. The fourth-order valence-electron chi connectivity index (χ4n) is 7.85. The maximum Gasteiger partial charge on any atom is 0.0542 e. The summed E-state index contributed by atoms with van der Waals surface area (Å²) >= 11 is 0. The number of aromatic nitrogens is 2. The smallest absolute Gasteiger partial charge is 0.0542 e. The molecule has 3 heteroatoms. The summed E-state index contributed by atoms with van der Waals surface area (Å²) < 4.78 is 4.82. The van der Waals surface area contributed by atoms with Gasteiger partial charge in [-0.1, -0.05) is 133 Å². The van der Waals surface area contributed by atoms with E-state index in [0.717, 1.165) is 22.7 Å². The van der Waals surface area contributed by atoms with Crippen molar-refractivity contribution in [2.45, 2.75) is 0 Å². The molecule has 0 saturated carbocycles. The zero-order chi connectivity index (χ0) is 33.7. The molecule has 10 rings (SSSR count). The van der Waals surface area contributed by atoms with Gasteiger partial charge in [-0.15, -0.1) is 0 Å². The van der Waals surface area contributed by atoms with Gasteiger partial charge in [0, 0.05) is 49.7 Å². The molecule has 2 aromatic heterocycles. The maximum atomic E-state index is 3.75. The summed E-state index contributed by atoms with van der Waals surface area (Å²) in [5.41, 5.74) is 13.9. The fraction of sp³-hybridized carbons (Fsp3) is 0. The highest BCUT2D eigenvalue weighted by Crippen LogP contribution is 2.39. The van der Waals surface area contributed by atoms with Crippen molar-refractivity contribution in [2.24, 2.45) is 0 Å². The SMILES string of the molecule is c1ccc(-c2ccccc2Nc2ccc3c(c2)c2ccccc2n3-c2ccccc2-c2cccc(-n3c4ccccc4c4ccccc43)c2)cc1. The Morgan fingerprint density at radius 3 is 1.63 bits per heavy atom. The van der Waals surface area contributed by atoms with E-state index in [9.17, 15) is 0 Å². The van der Waals surface area contributed by atoms with Crippen molar-refractivity contribution < 1.29 is 0 Å². The van der Waals surface area contributed by atoms with Gasteiger partial charge in [-0.3, -0.25) is 0 Å². The van der Waals surface area contributed by atoms with Crippen LogP contribution in [0.2, 0.25) is 0 Å². The maximum absolute atomic E-state index is 3.75. The lowest BCUT2D eigenvalue weighted by Crippen LogP contribution is -1.98. The molecule has 2 heterocycles. The van der Waals surface area contributed by atoms with E-state index in [2.05, 4.69) is 209 Å². The minimum absolute atomic E-state index is 1.06. The quantitative estimate of drug-likeness (QED) is 0.190. The molecule has 0 radical (unpaired) electrons. The standard InChI is InChI=1S/C48H33N3/c1-2-15-33(16-3-1)37-19-4-9-24-43(37)49-35-29-30-48-42(32-35)41-23-8-13-28-47(41)51(48)44-25-10-5-20-38(44)34-17-14-18-36(31-34)50-45-26-11-6-21-39(45)40-22-7-12-27-46(40)50/h1-32,49H.